The molecule has 1 saturated heterocycles. The van der Waals surface area contributed by atoms with Gasteiger partial charge in [0, 0.05) is 13.8 Å². The second-order valence-corrected chi connectivity index (χ2v) is 23.5. The van der Waals surface area contributed by atoms with E-state index in [2.05, 4.69) is 74.7 Å². The molecule has 0 aromatic heterocycles. The molecule has 0 amide bonds. The van der Waals surface area contributed by atoms with Gasteiger partial charge in [0.1, 0.15) is 23.5 Å². The number of ether oxygens (including phenoxy) is 3. The van der Waals surface area contributed by atoms with E-state index in [0.717, 1.165) is 5.56 Å². The SMILES string of the molecule is C[C@@H]1O[C@H](/C=C/c2cccc3c2C(=O)OC(C)(C)O3)[C@@H](O[Si](C)(C)C(C)(C)C)[C@@H]1O[Si](C)(C)C(C)(C)C. The van der Waals surface area contributed by atoms with E-state index >= 15 is 0 Å². The van der Waals surface area contributed by atoms with Gasteiger partial charge in [0.25, 0.3) is 0 Å². The molecule has 0 spiro atoms. The van der Waals surface area contributed by atoms with Gasteiger partial charge in [0.05, 0.1) is 12.2 Å². The van der Waals surface area contributed by atoms with Crippen LogP contribution in [0.25, 0.3) is 6.08 Å². The Hall–Kier alpha value is -1.46. The maximum Gasteiger partial charge on any atom is 0.345 e. The van der Waals surface area contributed by atoms with E-state index in [9.17, 15) is 4.79 Å². The summed E-state index contributed by atoms with van der Waals surface area (Å²) in [7, 11) is -4.22. The van der Waals surface area contributed by atoms with Crippen molar-refractivity contribution >= 4 is 28.7 Å². The Bertz CT molecular complexity index is 1030. The fourth-order valence-electron chi connectivity index (χ4n) is 4.09. The third kappa shape index (κ3) is 6.41. The summed E-state index contributed by atoms with van der Waals surface area (Å²) in [5, 5.41) is 0.112. The molecule has 3 rings (SSSR count). The minimum atomic E-state index is -2.14. The first-order valence-electron chi connectivity index (χ1n) is 13.4. The summed E-state index contributed by atoms with van der Waals surface area (Å²) in [6.45, 7) is 28.1. The Morgan fingerprint density at radius 3 is 1.97 bits per heavy atom. The molecular formula is C29H48O6Si2. The molecule has 0 saturated carbocycles. The fourth-order valence-corrected chi connectivity index (χ4v) is 6.75. The van der Waals surface area contributed by atoms with Crippen molar-refractivity contribution in [2.75, 3.05) is 0 Å². The lowest BCUT2D eigenvalue weighted by Crippen LogP contribution is -2.53. The second-order valence-electron chi connectivity index (χ2n) is 14.0. The second kappa shape index (κ2) is 9.94. The van der Waals surface area contributed by atoms with Crippen LogP contribution in [0.1, 0.15) is 78.2 Å². The molecular weight excluding hydrogens is 500 g/mol. The lowest BCUT2D eigenvalue weighted by Gasteiger charge is -2.43. The van der Waals surface area contributed by atoms with E-state index in [-0.39, 0.29) is 40.5 Å². The molecule has 208 valence electrons. The average Bonchev–Trinajstić information content (AvgIpc) is 2.97. The Morgan fingerprint density at radius 1 is 0.892 bits per heavy atom. The molecule has 1 fully saturated rings. The van der Waals surface area contributed by atoms with Crippen molar-refractivity contribution in [3.05, 3.63) is 35.4 Å². The topological polar surface area (TPSA) is 63.2 Å². The molecule has 2 aliphatic heterocycles. The summed E-state index contributed by atoms with van der Waals surface area (Å²) in [4.78, 5) is 12.8. The van der Waals surface area contributed by atoms with Crippen LogP contribution < -0.4 is 4.74 Å². The van der Waals surface area contributed by atoms with Crippen LogP contribution in [0.15, 0.2) is 24.3 Å². The first-order chi connectivity index (χ1) is 16.7. The Balaban J connectivity index is 1.98. The predicted octanol–water partition coefficient (Wildman–Crippen LogP) is 7.55. The van der Waals surface area contributed by atoms with Crippen molar-refractivity contribution in [3.8, 4) is 5.75 Å². The van der Waals surface area contributed by atoms with Crippen LogP contribution in [0.3, 0.4) is 0 Å². The highest BCUT2D eigenvalue weighted by atomic mass is 28.4. The zero-order chi connectivity index (χ0) is 28.2. The molecule has 37 heavy (non-hydrogen) atoms. The summed E-state index contributed by atoms with van der Waals surface area (Å²) in [5.74, 6) is -0.856. The lowest BCUT2D eigenvalue weighted by molar-refractivity contribution is -0.127. The van der Waals surface area contributed by atoms with Crippen molar-refractivity contribution in [2.45, 2.75) is 129 Å². The summed E-state index contributed by atoms with van der Waals surface area (Å²) in [6.07, 6.45) is 3.07. The Morgan fingerprint density at radius 2 is 1.43 bits per heavy atom. The summed E-state index contributed by atoms with van der Waals surface area (Å²) in [5.41, 5.74) is 1.16. The third-order valence-corrected chi connectivity index (χ3v) is 17.3. The van der Waals surface area contributed by atoms with Gasteiger partial charge < -0.3 is 23.1 Å². The quantitative estimate of drug-likeness (QED) is 0.270. The zero-order valence-electron chi connectivity index (χ0n) is 25.1. The highest BCUT2D eigenvalue weighted by molar-refractivity contribution is 6.74. The van der Waals surface area contributed by atoms with Gasteiger partial charge in [0.2, 0.25) is 5.79 Å². The molecule has 4 atom stereocenters. The van der Waals surface area contributed by atoms with Crippen molar-refractivity contribution in [1.82, 2.24) is 0 Å². The van der Waals surface area contributed by atoms with Crippen LogP contribution in [-0.4, -0.2) is 52.8 Å². The van der Waals surface area contributed by atoms with Gasteiger partial charge in [-0.05, 0) is 54.8 Å². The number of esters is 1. The van der Waals surface area contributed by atoms with E-state index in [1.807, 2.05) is 24.3 Å². The average molecular weight is 549 g/mol. The summed E-state index contributed by atoms with van der Waals surface area (Å²) in [6, 6.07) is 5.58. The van der Waals surface area contributed by atoms with E-state index in [1.54, 1.807) is 19.9 Å². The van der Waals surface area contributed by atoms with Crippen molar-refractivity contribution in [1.29, 1.82) is 0 Å². The zero-order valence-corrected chi connectivity index (χ0v) is 27.1. The van der Waals surface area contributed by atoms with Gasteiger partial charge in [-0.2, -0.15) is 0 Å². The van der Waals surface area contributed by atoms with Gasteiger partial charge in [-0.3, -0.25) is 0 Å². The highest BCUT2D eigenvalue weighted by Gasteiger charge is 2.51. The number of rotatable bonds is 6. The standard InChI is InChI=1S/C29H48O6Si2/c1-19-24(34-36(10,11)27(2,3)4)25(35-37(12,13)28(5,6)7)22(31-19)18-17-20-15-14-16-21-23(20)26(30)33-29(8,9)32-21/h14-19,22,24-25H,1-13H3/b18-17+/t19-,22+,24+,25+/m0/s1. The number of hydrogen-bond donors (Lipinski definition) is 0. The molecule has 2 aliphatic rings. The minimum absolute atomic E-state index is 0.0427. The molecule has 0 aliphatic carbocycles. The van der Waals surface area contributed by atoms with Crippen LogP contribution in [0, 0.1) is 0 Å². The number of fused-ring (bicyclic) bond motifs is 1. The van der Waals surface area contributed by atoms with Gasteiger partial charge in [0.15, 0.2) is 16.6 Å². The molecule has 1 aromatic rings. The third-order valence-electron chi connectivity index (χ3n) is 8.38. The first-order valence-corrected chi connectivity index (χ1v) is 19.2. The number of hydrogen-bond acceptors (Lipinski definition) is 6. The van der Waals surface area contributed by atoms with E-state index in [1.165, 1.54) is 0 Å². The first kappa shape index (κ1) is 30.1. The maximum absolute atomic E-state index is 12.8. The molecule has 2 heterocycles. The van der Waals surface area contributed by atoms with Crippen LogP contribution in [0.2, 0.25) is 36.3 Å². The molecule has 0 N–H and O–H groups in total. The molecule has 8 heteroatoms. The number of cyclic esters (lactones) is 1. The van der Waals surface area contributed by atoms with Crippen molar-refractivity contribution in [3.63, 3.8) is 0 Å². The van der Waals surface area contributed by atoms with E-state index in [0.29, 0.717) is 11.3 Å². The number of benzene rings is 1. The van der Waals surface area contributed by atoms with Crippen molar-refractivity contribution < 1.29 is 27.9 Å². The van der Waals surface area contributed by atoms with Gasteiger partial charge in [-0.1, -0.05) is 65.8 Å². The molecule has 0 bridgehead atoms. The van der Waals surface area contributed by atoms with Crippen LogP contribution >= 0.6 is 0 Å². The highest BCUT2D eigenvalue weighted by Crippen LogP contribution is 2.44. The largest absolute Gasteiger partial charge is 0.452 e. The van der Waals surface area contributed by atoms with Crippen molar-refractivity contribution in [2.24, 2.45) is 0 Å². The Kier molecular flexibility index (Phi) is 8.08. The molecule has 6 nitrogen and oxygen atoms in total. The normalized spacial score (nSPS) is 26.7. The number of carbonyl (C=O) groups excluding carboxylic acids is 1. The maximum atomic E-state index is 12.8. The summed E-state index contributed by atoms with van der Waals surface area (Å²) >= 11 is 0. The van der Waals surface area contributed by atoms with Gasteiger partial charge >= 0.3 is 5.97 Å². The van der Waals surface area contributed by atoms with Crippen LogP contribution in [0.5, 0.6) is 5.75 Å². The molecule has 0 unspecified atom stereocenters. The predicted molar refractivity (Wildman–Crippen MR) is 154 cm³/mol. The fraction of sp³-hybridized carbons (Fsp3) is 0.690. The van der Waals surface area contributed by atoms with E-state index in [4.69, 9.17) is 23.1 Å². The van der Waals surface area contributed by atoms with Gasteiger partial charge in [-0.15, -0.1) is 0 Å². The molecule has 1 aromatic carbocycles. The van der Waals surface area contributed by atoms with E-state index < -0.39 is 22.4 Å². The smallest absolute Gasteiger partial charge is 0.345 e. The van der Waals surface area contributed by atoms with Gasteiger partial charge in [-0.25, -0.2) is 4.79 Å². The van der Waals surface area contributed by atoms with Crippen LogP contribution in [0.4, 0.5) is 0 Å². The van der Waals surface area contributed by atoms with Crippen LogP contribution in [-0.2, 0) is 18.3 Å². The lowest BCUT2D eigenvalue weighted by atomic mass is 10.0. The molecule has 0 radical (unpaired) electrons. The number of carbonyl (C=O) groups is 1. The monoisotopic (exact) mass is 548 g/mol. The minimum Gasteiger partial charge on any atom is -0.452 e. The Labute approximate surface area is 226 Å². The summed E-state index contributed by atoms with van der Waals surface area (Å²) < 4.78 is 31.8.